The van der Waals surface area contributed by atoms with Gasteiger partial charge < -0.3 is 15.3 Å². The molecule has 0 aromatic heterocycles. The standard InChI is InChI=1S/C13H17FN2O2/c1-15-13(18)11-6-3-7-16(11)12-9(8-17)4-2-5-10(12)14/h2,4-5,11,17H,3,6-8H2,1H3,(H,15,18). The normalized spacial score (nSPS) is 19.1. The molecule has 0 saturated carbocycles. The number of carbonyl (C=O) groups excluding carboxylic acids is 1. The predicted octanol–water partition coefficient (Wildman–Crippen LogP) is 1.03. The number of rotatable bonds is 3. The van der Waals surface area contributed by atoms with Crippen LogP contribution in [0.5, 0.6) is 0 Å². The van der Waals surface area contributed by atoms with Crippen LogP contribution in [0, 0.1) is 5.82 Å². The predicted molar refractivity (Wildman–Crippen MR) is 66.8 cm³/mol. The molecule has 1 aromatic carbocycles. The maximum Gasteiger partial charge on any atom is 0.242 e. The molecule has 2 rings (SSSR count). The first-order valence-corrected chi connectivity index (χ1v) is 6.05. The number of nitrogens with zero attached hydrogens (tertiary/aromatic N) is 1. The summed E-state index contributed by atoms with van der Waals surface area (Å²) in [7, 11) is 1.58. The molecule has 0 radical (unpaired) electrons. The van der Waals surface area contributed by atoms with Crippen molar-refractivity contribution in [3.05, 3.63) is 29.6 Å². The zero-order chi connectivity index (χ0) is 13.1. The molecule has 0 aliphatic carbocycles. The number of hydrogen-bond donors (Lipinski definition) is 2. The van der Waals surface area contributed by atoms with E-state index in [1.54, 1.807) is 24.1 Å². The van der Waals surface area contributed by atoms with E-state index < -0.39 is 5.82 Å². The van der Waals surface area contributed by atoms with Gasteiger partial charge in [0.25, 0.3) is 0 Å². The molecule has 0 bridgehead atoms. The Morgan fingerprint density at radius 3 is 3.06 bits per heavy atom. The van der Waals surface area contributed by atoms with Gasteiger partial charge in [0.05, 0.1) is 12.3 Å². The van der Waals surface area contributed by atoms with Gasteiger partial charge in [-0.15, -0.1) is 0 Å². The van der Waals surface area contributed by atoms with Crippen LogP contribution in [0.2, 0.25) is 0 Å². The Balaban J connectivity index is 2.38. The van der Waals surface area contributed by atoms with Crippen LogP contribution in [0.1, 0.15) is 18.4 Å². The van der Waals surface area contributed by atoms with Crippen molar-refractivity contribution in [2.75, 3.05) is 18.5 Å². The number of likely N-dealkylation sites (N-methyl/N-ethyl adjacent to an activating group) is 1. The van der Waals surface area contributed by atoms with E-state index in [1.165, 1.54) is 6.07 Å². The third kappa shape index (κ3) is 2.18. The highest BCUT2D eigenvalue weighted by Gasteiger charge is 2.32. The fourth-order valence-corrected chi connectivity index (χ4v) is 2.48. The number of halogens is 1. The van der Waals surface area contributed by atoms with Crippen LogP contribution in [0.25, 0.3) is 0 Å². The summed E-state index contributed by atoms with van der Waals surface area (Å²) in [4.78, 5) is 13.5. The summed E-state index contributed by atoms with van der Waals surface area (Å²) < 4.78 is 13.9. The Kier molecular flexibility index (Phi) is 3.81. The quantitative estimate of drug-likeness (QED) is 0.845. The van der Waals surface area contributed by atoms with E-state index in [0.29, 0.717) is 24.2 Å². The first kappa shape index (κ1) is 12.8. The maximum absolute atomic E-state index is 13.9. The minimum atomic E-state index is -0.391. The van der Waals surface area contributed by atoms with Gasteiger partial charge in [-0.25, -0.2) is 4.39 Å². The van der Waals surface area contributed by atoms with E-state index in [9.17, 15) is 14.3 Å². The Morgan fingerprint density at radius 2 is 2.39 bits per heavy atom. The molecule has 1 aliphatic rings. The van der Waals surface area contributed by atoms with E-state index in [1.807, 2.05) is 0 Å². The second-order valence-corrected chi connectivity index (χ2v) is 4.37. The summed E-state index contributed by atoms with van der Waals surface area (Å²) in [6.07, 6.45) is 1.55. The molecule has 1 aliphatic heterocycles. The van der Waals surface area contributed by atoms with E-state index in [2.05, 4.69) is 5.32 Å². The number of hydrogen-bond acceptors (Lipinski definition) is 3. The van der Waals surface area contributed by atoms with Crippen molar-refractivity contribution in [3.8, 4) is 0 Å². The molecule has 1 saturated heterocycles. The van der Waals surface area contributed by atoms with E-state index >= 15 is 0 Å². The van der Waals surface area contributed by atoms with Gasteiger partial charge in [0, 0.05) is 19.2 Å². The average molecular weight is 252 g/mol. The molecular weight excluding hydrogens is 235 g/mol. The van der Waals surface area contributed by atoms with Crippen LogP contribution in [-0.2, 0) is 11.4 Å². The summed E-state index contributed by atoms with van der Waals surface area (Å²) in [6, 6.07) is 4.25. The number of benzene rings is 1. The second-order valence-electron chi connectivity index (χ2n) is 4.37. The van der Waals surface area contributed by atoms with Crippen LogP contribution in [0.15, 0.2) is 18.2 Å². The van der Waals surface area contributed by atoms with Crippen molar-refractivity contribution in [1.82, 2.24) is 5.32 Å². The van der Waals surface area contributed by atoms with Crippen LogP contribution < -0.4 is 10.2 Å². The third-order valence-corrected chi connectivity index (χ3v) is 3.33. The summed E-state index contributed by atoms with van der Waals surface area (Å²) in [5.74, 6) is -0.503. The molecule has 2 N–H and O–H groups in total. The molecular formula is C13H17FN2O2. The van der Waals surface area contributed by atoms with Gasteiger partial charge in [-0.2, -0.15) is 0 Å². The third-order valence-electron chi connectivity index (χ3n) is 3.33. The lowest BCUT2D eigenvalue weighted by Crippen LogP contribution is -2.42. The number of aliphatic hydroxyl groups is 1. The van der Waals surface area contributed by atoms with Crippen LogP contribution in [0.4, 0.5) is 10.1 Å². The first-order valence-electron chi connectivity index (χ1n) is 6.05. The van der Waals surface area contributed by atoms with Crippen molar-refractivity contribution in [3.63, 3.8) is 0 Å². The molecule has 98 valence electrons. The monoisotopic (exact) mass is 252 g/mol. The smallest absolute Gasteiger partial charge is 0.242 e. The van der Waals surface area contributed by atoms with E-state index in [4.69, 9.17) is 0 Å². The summed E-state index contributed by atoms with van der Waals surface area (Å²) in [5, 5.41) is 11.9. The SMILES string of the molecule is CNC(=O)C1CCCN1c1c(F)cccc1CO. The molecule has 0 spiro atoms. The van der Waals surface area contributed by atoms with Crippen molar-refractivity contribution >= 4 is 11.6 Å². The average Bonchev–Trinajstić information content (AvgIpc) is 2.86. The topological polar surface area (TPSA) is 52.6 Å². The fourth-order valence-electron chi connectivity index (χ4n) is 2.48. The van der Waals surface area contributed by atoms with Gasteiger partial charge in [-0.1, -0.05) is 12.1 Å². The Hall–Kier alpha value is -1.62. The number of amides is 1. The van der Waals surface area contributed by atoms with Gasteiger partial charge >= 0.3 is 0 Å². The van der Waals surface area contributed by atoms with Crippen molar-refractivity contribution in [2.45, 2.75) is 25.5 Å². The van der Waals surface area contributed by atoms with Crippen LogP contribution in [-0.4, -0.2) is 30.6 Å². The number of nitrogens with one attached hydrogen (secondary N) is 1. The van der Waals surface area contributed by atoms with Gasteiger partial charge in [0.15, 0.2) is 0 Å². The number of carbonyl (C=O) groups is 1. The Bertz CT molecular complexity index is 451. The van der Waals surface area contributed by atoms with Crippen LogP contribution >= 0.6 is 0 Å². The lowest BCUT2D eigenvalue weighted by molar-refractivity contribution is -0.121. The Labute approximate surface area is 105 Å². The van der Waals surface area contributed by atoms with Crippen molar-refractivity contribution in [1.29, 1.82) is 0 Å². The minimum Gasteiger partial charge on any atom is -0.392 e. The largest absolute Gasteiger partial charge is 0.392 e. The highest BCUT2D eigenvalue weighted by Crippen LogP contribution is 2.31. The van der Waals surface area contributed by atoms with Crippen LogP contribution in [0.3, 0.4) is 0 Å². The lowest BCUT2D eigenvalue weighted by atomic mass is 10.1. The van der Waals surface area contributed by atoms with Gasteiger partial charge in [0.1, 0.15) is 11.9 Å². The molecule has 5 heteroatoms. The molecule has 18 heavy (non-hydrogen) atoms. The van der Waals surface area contributed by atoms with E-state index in [-0.39, 0.29) is 18.6 Å². The fraction of sp³-hybridized carbons (Fsp3) is 0.462. The molecule has 1 unspecified atom stereocenters. The zero-order valence-corrected chi connectivity index (χ0v) is 10.3. The molecule has 1 amide bonds. The second kappa shape index (κ2) is 5.35. The maximum atomic E-state index is 13.9. The van der Waals surface area contributed by atoms with Crippen molar-refractivity contribution in [2.24, 2.45) is 0 Å². The number of anilines is 1. The molecule has 1 aromatic rings. The first-order chi connectivity index (χ1) is 8.69. The van der Waals surface area contributed by atoms with Gasteiger partial charge in [-0.3, -0.25) is 4.79 Å². The number of aliphatic hydroxyl groups excluding tert-OH is 1. The highest BCUT2D eigenvalue weighted by atomic mass is 19.1. The van der Waals surface area contributed by atoms with E-state index in [0.717, 1.165) is 6.42 Å². The Morgan fingerprint density at radius 1 is 1.61 bits per heavy atom. The summed E-state index contributed by atoms with van der Waals surface area (Å²) in [6.45, 7) is 0.399. The van der Waals surface area contributed by atoms with Crippen molar-refractivity contribution < 1.29 is 14.3 Å². The molecule has 1 heterocycles. The molecule has 4 nitrogen and oxygen atoms in total. The lowest BCUT2D eigenvalue weighted by Gasteiger charge is -2.27. The minimum absolute atomic E-state index is 0.111. The highest BCUT2D eigenvalue weighted by molar-refractivity contribution is 5.86. The number of para-hydroxylation sites is 1. The summed E-state index contributed by atoms with van der Waals surface area (Å²) >= 11 is 0. The summed E-state index contributed by atoms with van der Waals surface area (Å²) in [5.41, 5.74) is 0.872. The zero-order valence-electron chi connectivity index (χ0n) is 10.3. The van der Waals surface area contributed by atoms with Gasteiger partial charge in [0.2, 0.25) is 5.91 Å². The molecule has 1 atom stereocenters. The molecule has 1 fully saturated rings. The van der Waals surface area contributed by atoms with Gasteiger partial charge in [-0.05, 0) is 18.9 Å².